The summed E-state index contributed by atoms with van der Waals surface area (Å²) in [6, 6.07) is 17.3. The smallest absolute Gasteiger partial charge is 0.198 e. The second-order valence-corrected chi connectivity index (χ2v) is 10.2. The largest absolute Gasteiger partial charge is 0.369 e. The first-order chi connectivity index (χ1) is 15.5. The normalized spacial score (nSPS) is 16.2. The van der Waals surface area contributed by atoms with Crippen LogP contribution < -0.4 is 4.90 Å². The van der Waals surface area contributed by atoms with Gasteiger partial charge in [-0.1, -0.05) is 49.2 Å². The minimum Gasteiger partial charge on any atom is -0.369 e. The van der Waals surface area contributed by atoms with E-state index in [4.69, 9.17) is 0 Å². The molecule has 0 radical (unpaired) electrons. The summed E-state index contributed by atoms with van der Waals surface area (Å²) in [4.78, 5) is 5.04. The molecule has 1 aromatic heterocycles. The molecule has 1 aliphatic rings. The van der Waals surface area contributed by atoms with Crippen LogP contribution in [0.3, 0.4) is 0 Å². The Balaban J connectivity index is 1.50. The number of piperazine rings is 1. The van der Waals surface area contributed by atoms with Crippen molar-refractivity contribution in [3.63, 3.8) is 0 Å². The summed E-state index contributed by atoms with van der Waals surface area (Å²) in [7, 11) is -3.55. The number of anilines is 1. The first-order valence-corrected chi connectivity index (χ1v) is 12.7. The predicted octanol–water partition coefficient (Wildman–Crippen LogP) is 3.08. The lowest BCUT2D eigenvalue weighted by Crippen LogP contribution is -2.48. The van der Waals surface area contributed by atoms with E-state index in [0.29, 0.717) is 5.82 Å². The van der Waals surface area contributed by atoms with Crippen LogP contribution in [0.15, 0.2) is 59.5 Å². The van der Waals surface area contributed by atoms with Crippen LogP contribution in [0.5, 0.6) is 0 Å². The van der Waals surface area contributed by atoms with Crippen LogP contribution in [-0.4, -0.2) is 59.7 Å². The maximum atomic E-state index is 13.0. The highest BCUT2D eigenvalue weighted by molar-refractivity contribution is 7.90. The molecule has 1 saturated heterocycles. The Morgan fingerprint density at radius 1 is 0.969 bits per heavy atom. The van der Waals surface area contributed by atoms with Crippen molar-refractivity contribution in [1.82, 2.24) is 25.1 Å². The van der Waals surface area contributed by atoms with Crippen LogP contribution in [0.25, 0.3) is 0 Å². The highest BCUT2D eigenvalue weighted by atomic mass is 32.2. The number of benzene rings is 2. The van der Waals surface area contributed by atoms with E-state index in [1.165, 1.54) is 10.4 Å². The van der Waals surface area contributed by atoms with Gasteiger partial charge >= 0.3 is 0 Å². The minimum absolute atomic E-state index is 0.0128. The Hall–Kier alpha value is -2.78. The molecule has 1 fully saturated rings. The molecule has 1 atom stereocenters. The molecule has 9 heteroatoms. The molecule has 8 nitrogen and oxygen atoms in total. The molecule has 170 valence electrons. The first-order valence-electron chi connectivity index (χ1n) is 11.1. The number of sulfone groups is 1. The topological polar surface area (TPSA) is 84.2 Å². The zero-order valence-corrected chi connectivity index (χ0v) is 19.4. The van der Waals surface area contributed by atoms with E-state index in [-0.39, 0.29) is 16.8 Å². The number of hydrogen-bond acceptors (Lipinski definition) is 7. The molecule has 32 heavy (non-hydrogen) atoms. The van der Waals surface area contributed by atoms with Gasteiger partial charge in [0.05, 0.1) is 10.9 Å². The maximum absolute atomic E-state index is 13.0. The molecular formula is C23H30N6O2S. The van der Waals surface area contributed by atoms with E-state index in [1.54, 1.807) is 24.3 Å². The summed E-state index contributed by atoms with van der Waals surface area (Å²) in [5.41, 5.74) is 2.25. The standard InChI is InChI=1S/C23H30N6O2S/c1-3-7-22(28-16-14-27(15-17-28)20-8-5-4-6-9-20)23-24-25-26-29(23)18-32(30,31)21-12-10-19(2)11-13-21/h4-6,8-13,22H,3,7,14-18H2,1-2H3/t22-/m1/s1. The molecule has 0 saturated carbocycles. The van der Waals surface area contributed by atoms with Crippen molar-refractivity contribution in [2.24, 2.45) is 0 Å². The van der Waals surface area contributed by atoms with Crippen molar-refractivity contribution in [3.8, 4) is 0 Å². The van der Waals surface area contributed by atoms with E-state index in [0.717, 1.165) is 44.6 Å². The molecule has 4 rings (SSSR count). The average molecular weight is 455 g/mol. The van der Waals surface area contributed by atoms with Gasteiger partial charge in [-0.3, -0.25) is 4.90 Å². The van der Waals surface area contributed by atoms with Crippen LogP contribution in [0.1, 0.15) is 37.2 Å². The highest BCUT2D eigenvalue weighted by Crippen LogP contribution is 2.27. The van der Waals surface area contributed by atoms with E-state index in [9.17, 15) is 8.42 Å². The molecular weight excluding hydrogens is 424 g/mol. The summed E-state index contributed by atoms with van der Waals surface area (Å²) in [6.07, 6.45) is 1.83. The van der Waals surface area contributed by atoms with Gasteiger partial charge in [0.2, 0.25) is 0 Å². The van der Waals surface area contributed by atoms with Gasteiger partial charge in [-0.15, -0.1) is 5.10 Å². The van der Waals surface area contributed by atoms with Gasteiger partial charge < -0.3 is 4.90 Å². The Morgan fingerprint density at radius 2 is 1.66 bits per heavy atom. The zero-order valence-electron chi connectivity index (χ0n) is 18.6. The number of aromatic nitrogens is 4. The summed E-state index contributed by atoms with van der Waals surface area (Å²) in [5, 5.41) is 12.1. The Bertz CT molecular complexity index is 1110. The van der Waals surface area contributed by atoms with Gasteiger partial charge in [-0.25, -0.2) is 13.1 Å². The molecule has 0 unspecified atom stereocenters. The molecule has 2 heterocycles. The van der Waals surface area contributed by atoms with Crippen molar-refractivity contribution < 1.29 is 8.42 Å². The van der Waals surface area contributed by atoms with Crippen molar-refractivity contribution in [2.45, 2.75) is 43.5 Å². The third kappa shape index (κ3) is 4.99. The Labute approximate surface area is 189 Å². The Kier molecular flexibility index (Phi) is 6.86. The van der Waals surface area contributed by atoms with Crippen molar-refractivity contribution in [1.29, 1.82) is 0 Å². The summed E-state index contributed by atoms with van der Waals surface area (Å²) >= 11 is 0. The maximum Gasteiger partial charge on any atom is 0.198 e. The second kappa shape index (κ2) is 9.79. The van der Waals surface area contributed by atoms with Gasteiger partial charge in [-0.05, 0) is 48.0 Å². The summed E-state index contributed by atoms with van der Waals surface area (Å²) in [6.45, 7) is 7.63. The highest BCUT2D eigenvalue weighted by Gasteiger charge is 2.30. The van der Waals surface area contributed by atoms with Gasteiger partial charge in [0, 0.05) is 31.9 Å². The molecule has 2 aromatic carbocycles. The molecule has 1 aliphatic heterocycles. The molecule has 3 aromatic rings. The number of tetrazole rings is 1. The lowest BCUT2D eigenvalue weighted by atomic mass is 10.1. The van der Waals surface area contributed by atoms with E-state index < -0.39 is 9.84 Å². The van der Waals surface area contributed by atoms with Gasteiger partial charge in [-0.2, -0.15) is 0 Å². The minimum atomic E-state index is -3.55. The monoisotopic (exact) mass is 454 g/mol. The fraction of sp³-hybridized carbons (Fsp3) is 0.435. The summed E-state index contributed by atoms with van der Waals surface area (Å²) < 4.78 is 27.4. The van der Waals surface area contributed by atoms with Crippen LogP contribution in [-0.2, 0) is 15.7 Å². The van der Waals surface area contributed by atoms with Crippen LogP contribution >= 0.6 is 0 Å². The zero-order chi connectivity index (χ0) is 22.6. The Morgan fingerprint density at radius 3 is 2.31 bits per heavy atom. The first kappa shape index (κ1) is 22.4. The number of para-hydroxylation sites is 1. The lowest BCUT2D eigenvalue weighted by molar-refractivity contribution is 0.165. The molecule has 0 aliphatic carbocycles. The lowest BCUT2D eigenvalue weighted by Gasteiger charge is -2.39. The van der Waals surface area contributed by atoms with Crippen molar-refractivity contribution >= 4 is 15.5 Å². The second-order valence-electron chi connectivity index (χ2n) is 8.26. The van der Waals surface area contributed by atoms with E-state index in [1.807, 2.05) is 13.0 Å². The number of rotatable bonds is 8. The van der Waals surface area contributed by atoms with Crippen molar-refractivity contribution in [3.05, 3.63) is 66.0 Å². The van der Waals surface area contributed by atoms with Gasteiger partial charge in [0.25, 0.3) is 0 Å². The SMILES string of the molecule is CCC[C@H](c1nnnn1CS(=O)(=O)c1ccc(C)cc1)N1CCN(c2ccccc2)CC1. The molecule has 0 spiro atoms. The number of hydrogen-bond donors (Lipinski definition) is 0. The molecule has 0 N–H and O–H groups in total. The van der Waals surface area contributed by atoms with Crippen LogP contribution in [0.4, 0.5) is 5.69 Å². The fourth-order valence-electron chi connectivity index (χ4n) is 4.20. The predicted molar refractivity (Wildman–Crippen MR) is 124 cm³/mol. The van der Waals surface area contributed by atoms with Crippen molar-refractivity contribution in [2.75, 3.05) is 31.1 Å². The summed E-state index contributed by atoms with van der Waals surface area (Å²) in [5.74, 6) is 0.360. The van der Waals surface area contributed by atoms with Gasteiger partial charge in [0.1, 0.15) is 0 Å². The van der Waals surface area contributed by atoms with Crippen LogP contribution in [0, 0.1) is 6.92 Å². The van der Waals surface area contributed by atoms with E-state index in [2.05, 4.69) is 56.5 Å². The van der Waals surface area contributed by atoms with Crippen LogP contribution in [0.2, 0.25) is 0 Å². The fourth-order valence-corrected chi connectivity index (χ4v) is 5.41. The average Bonchev–Trinajstić information content (AvgIpc) is 3.25. The van der Waals surface area contributed by atoms with Gasteiger partial charge in [0.15, 0.2) is 21.5 Å². The third-order valence-corrected chi connectivity index (χ3v) is 7.54. The quantitative estimate of drug-likeness (QED) is 0.517. The number of nitrogens with zero attached hydrogens (tertiary/aromatic N) is 6. The molecule has 0 amide bonds. The third-order valence-electron chi connectivity index (χ3n) is 5.97. The number of aryl methyl sites for hydroxylation is 1. The van der Waals surface area contributed by atoms with E-state index >= 15 is 0 Å². The molecule has 0 bridgehead atoms.